The van der Waals surface area contributed by atoms with Crippen LogP contribution in [0.5, 0.6) is 11.5 Å². The largest absolute Gasteiger partial charge is 0.457 e. The smallest absolute Gasteiger partial charge is 0.407 e. The molecule has 0 spiro atoms. The summed E-state index contributed by atoms with van der Waals surface area (Å²) in [6.45, 7) is 7.54. The number of hydrogen-bond donors (Lipinski definition) is 1. The number of rotatable bonds is 4. The molecule has 1 aromatic rings. The van der Waals surface area contributed by atoms with Gasteiger partial charge >= 0.3 is 6.09 Å². The summed E-state index contributed by atoms with van der Waals surface area (Å²) in [5.74, 6) is 1.89. The predicted octanol–water partition coefficient (Wildman–Crippen LogP) is 3.64. The Bertz CT molecular complexity index is 473. The van der Waals surface area contributed by atoms with E-state index >= 15 is 0 Å². The number of aryl methyl sites for hydroxylation is 1. The van der Waals surface area contributed by atoms with Gasteiger partial charge < -0.3 is 14.8 Å². The highest BCUT2D eigenvalue weighted by Crippen LogP contribution is 2.38. The zero-order valence-corrected chi connectivity index (χ0v) is 11.9. The Morgan fingerprint density at radius 2 is 2.11 bits per heavy atom. The SMILES string of the molecule is CC(CCc1ccc2cc1O2)NC(=O)OC(C)(C)C. The standard InChI is InChI=1S/C15H21NO3/c1-10(16-14(17)19-15(2,3)4)5-6-11-7-8-12-9-13(11)18-12/h7-10H,5-6H2,1-4H3,(H,16,17). The average molecular weight is 263 g/mol. The van der Waals surface area contributed by atoms with E-state index in [0.717, 1.165) is 24.3 Å². The lowest BCUT2D eigenvalue weighted by Crippen LogP contribution is -2.37. The molecule has 104 valence electrons. The Morgan fingerprint density at radius 1 is 1.42 bits per heavy atom. The van der Waals surface area contributed by atoms with Crippen molar-refractivity contribution in [1.82, 2.24) is 5.32 Å². The molecule has 0 radical (unpaired) electrons. The predicted molar refractivity (Wildman–Crippen MR) is 73.7 cm³/mol. The van der Waals surface area contributed by atoms with Crippen LogP contribution in [0.4, 0.5) is 4.79 Å². The van der Waals surface area contributed by atoms with Gasteiger partial charge in [-0.1, -0.05) is 6.07 Å². The van der Waals surface area contributed by atoms with E-state index in [1.165, 1.54) is 5.56 Å². The second-order valence-corrected chi connectivity index (χ2v) is 5.96. The summed E-state index contributed by atoms with van der Waals surface area (Å²) in [5.41, 5.74) is 0.731. The molecular weight excluding hydrogens is 242 g/mol. The molecule has 0 aliphatic carbocycles. The van der Waals surface area contributed by atoms with Crippen LogP contribution in [-0.4, -0.2) is 17.7 Å². The van der Waals surface area contributed by atoms with Gasteiger partial charge in [0, 0.05) is 12.1 Å². The Hall–Kier alpha value is -1.71. The summed E-state index contributed by atoms with van der Waals surface area (Å²) in [7, 11) is 0. The maximum Gasteiger partial charge on any atom is 0.407 e. The molecule has 3 rings (SSSR count). The topological polar surface area (TPSA) is 47.6 Å². The molecule has 0 fully saturated rings. The summed E-state index contributed by atoms with van der Waals surface area (Å²) >= 11 is 0. The highest BCUT2D eigenvalue weighted by molar-refractivity contribution is 5.68. The maximum absolute atomic E-state index is 11.6. The molecule has 0 saturated heterocycles. The quantitative estimate of drug-likeness (QED) is 0.916. The number of hydrogen-bond acceptors (Lipinski definition) is 3. The minimum absolute atomic E-state index is 0.0711. The van der Waals surface area contributed by atoms with Gasteiger partial charge in [0.15, 0.2) is 0 Å². The van der Waals surface area contributed by atoms with Crippen LogP contribution < -0.4 is 10.1 Å². The fourth-order valence-electron chi connectivity index (χ4n) is 1.92. The summed E-state index contributed by atoms with van der Waals surface area (Å²) in [5, 5.41) is 2.84. The second kappa shape index (κ2) is 5.11. The van der Waals surface area contributed by atoms with Crippen molar-refractivity contribution in [1.29, 1.82) is 0 Å². The third-order valence-corrected chi connectivity index (χ3v) is 2.88. The van der Waals surface area contributed by atoms with Gasteiger partial charge in [0.1, 0.15) is 17.1 Å². The van der Waals surface area contributed by atoms with E-state index in [1.54, 1.807) is 0 Å². The number of amides is 1. The summed E-state index contributed by atoms with van der Waals surface area (Å²) < 4.78 is 10.6. The number of alkyl carbamates (subject to hydrolysis) is 1. The molecule has 0 saturated carbocycles. The van der Waals surface area contributed by atoms with Crippen LogP contribution in [0.3, 0.4) is 0 Å². The Kier molecular flexibility index (Phi) is 3.69. The number of nitrogens with one attached hydrogen (secondary N) is 1. The highest BCUT2D eigenvalue weighted by atomic mass is 16.6. The van der Waals surface area contributed by atoms with Crippen molar-refractivity contribution in [3.05, 3.63) is 23.8 Å². The van der Waals surface area contributed by atoms with Gasteiger partial charge in [-0.2, -0.15) is 0 Å². The lowest BCUT2D eigenvalue weighted by Gasteiger charge is -2.23. The van der Waals surface area contributed by atoms with Crippen LogP contribution in [0.25, 0.3) is 0 Å². The molecule has 19 heavy (non-hydrogen) atoms. The lowest BCUT2D eigenvalue weighted by molar-refractivity contribution is 0.0506. The van der Waals surface area contributed by atoms with Crippen LogP contribution in [0.1, 0.15) is 39.7 Å². The lowest BCUT2D eigenvalue weighted by atomic mass is 10.0. The van der Waals surface area contributed by atoms with Crippen molar-refractivity contribution in [2.24, 2.45) is 0 Å². The van der Waals surface area contributed by atoms with Crippen molar-refractivity contribution in [2.45, 2.75) is 52.2 Å². The molecule has 4 nitrogen and oxygen atoms in total. The molecule has 2 heterocycles. The third-order valence-electron chi connectivity index (χ3n) is 2.88. The Balaban J connectivity index is 1.75. The number of fused-ring (bicyclic) bond motifs is 2. The van der Waals surface area contributed by atoms with Gasteiger partial charge in [-0.25, -0.2) is 4.79 Å². The molecule has 1 unspecified atom stereocenters. The monoisotopic (exact) mass is 263 g/mol. The van der Waals surface area contributed by atoms with Crippen LogP contribution in [-0.2, 0) is 11.2 Å². The van der Waals surface area contributed by atoms with Crippen LogP contribution in [0.15, 0.2) is 18.2 Å². The van der Waals surface area contributed by atoms with Crippen molar-refractivity contribution in [3.63, 3.8) is 0 Å². The normalized spacial score (nSPS) is 14.1. The summed E-state index contributed by atoms with van der Waals surface area (Å²) in [6.07, 6.45) is 1.38. The summed E-state index contributed by atoms with van der Waals surface area (Å²) in [4.78, 5) is 11.6. The minimum Gasteiger partial charge on any atom is -0.457 e. The van der Waals surface area contributed by atoms with Gasteiger partial charge in [-0.05, 0) is 52.2 Å². The first-order valence-electron chi connectivity index (χ1n) is 6.64. The molecule has 0 aromatic heterocycles. The number of carbonyl (C=O) groups excluding carboxylic acids is 1. The Morgan fingerprint density at radius 3 is 2.63 bits per heavy atom. The van der Waals surface area contributed by atoms with Crippen molar-refractivity contribution < 1.29 is 14.3 Å². The first-order chi connectivity index (χ1) is 8.83. The first-order valence-corrected chi connectivity index (χ1v) is 6.64. The molecule has 1 atom stereocenters. The number of carbonyl (C=O) groups is 1. The van der Waals surface area contributed by atoms with Crippen molar-refractivity contribution in [2.75, 3.05) is 0 Å². The molecule has 2 bridgehead atoms. The van der Waals surface area contributed by atoms with Gasteiger partial charge in [-0.15, -0.1) is 0 Å². The van der Waals surface area contributed by atoms with Gasteiger partial charge in [0.25, 0.3) is 0 Å². The van der Waals surface area contributed by atoms with Crippen molar-refractivity contribution in [3.8, 4) is 11.5 Å². The van der Waals surface area contributed by atoms with Crippen LogP contribution in [0.2, 0.25) is 0 Å². The molecule has 2 aliphatic rings. The minimum atomic E-state index is -0.457. The van der Waals surface area contributed by atoms with Crippen LogP contribution in [0, 0.1) is 0 Å². The molecule has 1 aromatic carbocycles. The molecule has 2 aliphatic heterocycles. The van der Waals surface area contributed by atoms with E-state index in [-0.39, 0.29) is 12.1 Å². The number of benzene rings is 1. The van der Waals surface area contributed by atoms with Gasteiger partial charge in [-0.3, -0.25) is 0 Å². The fraction of sp³-hybridized carbons (Fsp3) is 0.533. The molecule has 1 N–H and O–H groups in total. The Labute approximate surface area is 114 Å². The first kappa shape index (κ1) is 13.7. The zero-order valence-electron chi connectivity index (χ0n) is 11.9. The van der Waals surface area contributed by atoms with E-state index in [0.29, 0.717) is 0 Å². The van der Waals surface area contributed by atoms with E-state index < -0.39 is 5.60 Å². The maximum atomic E-state index is 11.6. The molecule has 1 amide bonds. The van der Waals surface area contributed by atoms with E-state index in [9.17, 15) is 4.79 Å². The van der Waals surface area contributed by atoms with E-state index in [2.05, 4.69) is 11.4 Å². The molecular formula is C15H21NO3. The summed E-state index contributed by atoms with van der Waals surface area (Å²) in [6, 6.07) is 6.14. The van der Waals surface area contributed by atoms with Crippen molar-refractivity contribution >= 4 is 6.09 Å². The zero-order chi connectivity index (χ0) is 14.0. The molecule has 4 heteroatoms. The van der Waals surface area contributed by atoms with E-state index in [4.69, 9.17) is 9.47 Å². The highest BCUT2D eigenvalue weighted by Gasteiger charge is 2.19. The number of ether oxygens (including phenoxy) is 2. The van der Waals surface area contributed by atoms with E-state index in [1.807, 2.05) is 39.8 Å². The van der Waals surface area contributed by atoms with Gasteiger partial charge in [0.05, 0.1) is 0 Å². The average Bonchev–Trinajstić information content (AvgIpc) is 2.22. The fourth-order valence-corrected chi connectivity index (χ4v) is 1.92. The van der Waals surface area contributed by atoms with Gasteiger partial charge in [0.2, 0.25) is 0 Å². The van der Waals surface area contributed by atoms with Crippen LogP contribution >= 0.6 is 0 Å². The third kappa shape index (κ3) is 3.88. The second-order valence-electron chi connectivity index (χ2n) is 5.96.